The number of hydrogen-bond donors (Lipinski definition) is 2. The minimum atomic E-state index is -0.403. The third-order valence-electron chi connectivity index (χ3n) is 3.41. The summed E-state index contributed by atoms with van der Waals surface area (Å²) in [6.07, 6.45) is 1.08. The quantitative estimate of drug-likeness (QED) is 0.647. The van der Waals surface area contributed by atoms with Crippen LogP contribution in [0.25, 0.3) is 11.0 Å². The molecule has 1 saturated heterocycles. The topological polar surface area (TPSA) is 87.1 Å². The second-order valence-corrected chi connectivity index (χ2v) is 4.94. The predicted octanol–water partition coefficient (Wildman–Crippen LogP) is 1.59. The zero-order valence-corrected chi connectivity index (χ0v) is 10.6. The van der Waals surface area contributed by atoms with E-state index in [1.165, 1.54) is 12.1 Å². The third kappa shape index (κ3) is 2.37. The lowest BCUT2D eigenvalue weighted by Crippen LogP contribution is -2.23. The van der Waals surface area contributed by atoms with Gasteiger partial charge in [0, 0.05) is 24.7 Å². The van der Waals surface area contributed by atoms with E-state index in [0.29, 0.717) is 17.5 Å². The zero-order valence-electron chi connectivity index (χ0n) is 10.6. The van der Waals surface area contributed by atoms with E-state index in [1.54, 1.807) is 6.07 Å². The van der Waals surface area contributed by atoms with Gasteiger partial charge in [-0.2, -0.15) is 0 Å². The zero-order chi connectivity index (χ0) is 13.4. The molecule has 1 unspecified atom stereocenters. The number of non-ortho nitro benzene ring substituents is 1. The Kier molecular flexibility index (Phi) is 2.83. The van der Waals surface area contributed by atoms with Crippen molar-refractivity contribution in [1.29, 1.82) is 0 Å². The van der Waals surface area contributed by atoms with Gasteiger partial charge in [-0.05, 0) is 26.1 Å². The first-order valence-corrected chi connectivity index (χ1v) is 6.21. The summed E-state index contributed by atoms with van der Waals surface area (Å²) in [7, 11) is 2.09. The van der Waals surface area contributed by atoms with Gasteiger partial charge < -0.3 is 15.2 Å². The van der Waals surface area contributed by atoms with E-state index < -0.39 is 4.92 Å². The number of rotatable bonds is 3. The predicted molar refractivity (Wildman–Crippen MR) is 72.3 cm³/mol. The number of aromatic amines is 1. The van der Waals surface area contributed by atoms with Crippen LogP contribution < -0.4 is 5.32 Å². The highest BCUT2D eigenvalue weighted by molar-refractivity contribution is 5.79. The van der Waals surface area contributed by atoms with Crippen molar-refractivity contribution in [2.75, 3.05) is 25.5 Å². The van der Waals surface area contributed by atoms with Gasteiger partial charge in [0.25, 0.3) is 5.69 Å². The average Bonchev–Trinajstić information content (AvgIpc) is 2.94. The summed E-state index contributed by atoms with van der Waals surface area (Å²) >= 11 is 0. The number of likely N-dealkylation sites (tertiary alicyclic amines) is 1. The molecule has 0 radical (unpaired) electrons. The van der Waals surface area contributed by atoms with E-state index in [4.69, 9.17) is 0 Å². The van der Waals surface area contributed by atoms with Crippen molar-refractivity contribution < 1.29 is 4.92 Å². The fourth-order valence-electron chi connectivity index (χ4n) is 2.43. The van der Waals surface area contributed by atoms with Crippen LogP contribution in [0, 0.1) is 10.1 Å². The SMILES string of the molecule is CN1CCC(Nc2nc3ccc([N+](=O)[O-])cc3[nH]2)C1. The Labute approximate surface area is 109 Å². The Bertz CT molecular complexity index is 624. The van der Waals surface area contributed by atoms with Crippen molar-refractivity contribution in [3.8, 4) is 0 Å². The highest BCUT2D eigenvalue weighted by atomic mass is 16.6. The second kappa shape index (κ2) is 4.51. The molecule has 0 bridgehead atoms. The second-order valence-electron chi connectivity index (χ2n) is 4.94. The number of likely N-dealkylation sites (N-methyl/N-ethyl adjacent to an activating group) is 1. The summed E-state index contributed by atoms with van der Waals surface area (Å²) in [6.45, 7) is 2.06. The molecule has 100 valence electrons. The van der Waals surface area contributed by atoms with Crippen LogP contribution >= 0.6 is 0 Å². The average molecular weight is 261 g/mol. The van der Waals surface area contributed by atoms with Gasteiger partial charge in [0.15, 0.2) is 0 Å². The number of imidazole rings is 1. The molecule has 1 fully saturated rings. The smallest absolute Gasteiger partial charge is 0.271 e. The molecule has 0 aliphatic carbocycles. The van der Waals surface area contributed by atoms with Crippen LogP contribution in [0.2, 0.25) is 0 Å². The van der Waals surface area contributed by atoms with Gasteiger partial charge in [-0.25, -0.2) is 4.98 Å². The molecule has 2 N–H and O–H groups in total. The fourth-order valence-corrected chi connectivity index (χ4v) is 2.43. The molecule has 0 amide bonds. The molecular weight excluding hydrogens is 246 g/mol. The van der Waals surface area contributed by atoms with Crippen LogP contribution in [0.15, 0.2) is 18.2 Å². The number of H-pyrrole nitrogens is 1. The van der Waals surface area contributed by atoms with Crippen molar-refractivity contribution in [2.24, 2.45) is 0 Å². The molecule has 2 heterocycles. The molecule has 7 heteroatoms. The Morgan fingerprint density at radius 2 is 2.42 bits per heavy atom. The molecule has 2 aromatic rings. The molecule has 3 rings (SSSR count). The first kappa shape index (κ1) is 11.9. The molecule has 1 aromatic carbocycles. The maximum atomic E-state index is 10.7. The molecule has 1 aliphatic heterocycles. The van der Waals surface area contributed by atoms with E-state index in [1.807, 2.05) is 0 Å². The highest BCUT2D eigenvalue weighted by Crippen LogP contribution is 2.21. The summed E-state index contributed by atoms with van der Waals surface area (Å²) in [5.41, 5.74) is 1.49. The normalized spacial score (nSPS) is 19.9. The Balaban J connectivity index is 1.83. The monoisotopic (exact) mass is 261 g/mol. The first-order chi connectivity index (χ1) is 9.11. The fraction of sp³-hybridized carbons (Fsp3) is 0.417. The minimum Gasteiger partial charge on any atom is -0.352 e. The van der Waals surface area contributed by atoms with Gasteiger partial charge in [0.2, 0.25) is 5.95 Å². The summed E-state index contributed by atoms with van der Waals surface area (Å²) < 4.78 is 0. The van der Waals surface area contributed by atoms with E-state index in [0.717, 1.165) is 25.0 Å². The molecule has 1 aromatic heterocycles. The van der Waals surface area contributed by atoms with Gasteiger partial charge in [-0.1, -0.05) is 0 Å². The van der Waals surface area contributed by atoms with Crippen molar-refractivity contribution in [2.45, 2.75) is 12.5 Å². The highest BCUT2D eigenvalue weighted by Gasteiger charge is 2.20. The molecule has 0 saturated carbocycles. The van der Waals surface area contributed by atoms with E-state index in [2.05, 4.69) is 27.2 Å². The number of nitro benzene ring substituents is 1. The lowest BCUT2D eigenvalue weighted by Gasteiger charge is -2.11. The largest absolute Gasteiger partial charge is 0.352 e. The molecule has 0 spiro atoms. The maximum Gasteiger partial charge on any atom is 0.271 e. The number of aromatic nitrogens is 2. The lowest BCUT2D eigenvalue weighted by molar-refractivity contribution is -0.384. The van der Waals surface area contributed by atoms with Crippen molar-refractivity contribution in [3.63, 3.8) is 0 Å². The van der Waals surface area contributed by atoms with Gasteiger partial charge in [-0.15, -0.1) is 0 Å². The summed E-state index contributed by atoms with van der Waals surface area (Å²) in [5, 5.41) is 14.0. The van der Waals surface area contributed by atoms with Crippen molar-refractivity contribution in [1.82, 2.24) is 14.9 Å². The number of nitrogens with zero attached hydrogens (tertiary/aromatic N) is 3. The lowest BCUT2D eigenvalue weighted by atomic mass is 10.3. The van der Waals surface area contributed by atoms with Crippen LogP contribution in [0.3, 0.4) is 0 Å². The molecule has 7 nitrogen and oxygen atoms in total. The third-order valence-corrected chi connectivity index (χ3v) is 3.41. The number of nitro groups is 1. The van der Waals surface area contributed by atoms with Crippen LogP contribution in [-0.4, -0.2) is 46.0 Å². The van der Waals surface area contributed by atoms with Crippen molar-refractivity contribution >= 4 is 22.7 Å². The van der Waals surface area contributed by atoms with E-state index in [-0.39, 0.29) is 5.69 Å². The van der Waals surface area contributed by atoms with E-state index >= 15 is 0 Å². The number of fused-ring (bicyclic) bond motifs is 1. The molecular formula is C12H15N5O2. The summed E-state index contributed by atoms with van der Waals surface area (Å²) in [5.74, 6) is 0.677. The standard InChI is InChI=1S/C12H15N5O2/c1-16-5-4-8(7-16)13-12-14-10-3-2-9(17(18)19)6-11(10)15-12/h2-3,6,8H,4-5,7H2,1H3,(H2,13,14,15). The van der Waals surface area contributed by atoms with Crippen LogP contribution in [0.4, 0.5) is 11.6 Å². The van der Waals surface area contributed by atoms with Crippen LogP contribution in [0.5, 0.6) is 0 Å². The molecule has 1 atom stereocenters. The Hall–Kier alpha value is -2.15. The number of anilines is 1. The first-order valence-electron chi connectivity index (χ1n) is 6.21. The van der Waals surface area contributed by atoms with Gasteiger partial charge in [0.05, 0.1) is 16.0 Å². The number of hydrogen-bond acceptors (Lipinski definition) is 5. The number of benzene rings is 1. The number of nitrogens with one attached hydrogen (secondary N) is 2. The van der Waals surface area contributed by atoms with Crippen LogP contribution in [-0.2, 0) is 0 Å². The summed E-state index contributed by atoms with van der Waals surface area (Å²) in [4.78, 5) is 20.0. The van der Waals surface area contributed by atoms with E-state index in [9.17, 15) is 10.1 Å². The Morgan fingerprint density at radius 3 is 3.11 bits per heavy atom. The van der Waals surface area contributed by atoms with Gasteiger partial charge in [0.1, 0.15) is 0 Å². The van der Waals surface area contributed by atoms with Gasteiger partial charge >= 0.3 is 0 Å². The van der Waals surface area contributed by atoms with Gasteiger partial charge in [-0.3, -0.25) is 10.1 Å². The molecule has 1 aliphatic rings. The minimum absolute atomic E-state index is 0.0725. The van der Waals surface area contributed by atoms with Crippen LogP contribution in [0.1, 0.15) is 6.42 Å². The maximum absolute atomic E-state index is 10.7. The summed E-state index contributed by atoms with van der Waals surface area (Å²) in [6, 6.07) is 5.01. The molecule has 19 heavy (non-hydrogen) atoms. The Morgan fingerprint density at radius 1 is 1.58 bits per heavy atom. The van der Waals surface area contributed by atoms with Crippen molar-refractivity contribution in [3.05, 3.63) is 28.3 Å².